The maximum absolute atomic E-state index is 11.2. The number of rotatable bonds is 3. The van der Waals surface area contributed by atoms with E-state index in [0.717, 1.165) is 37.7 Å². The Hall–Kier alpha value is -2.48. The number of benzene rings is 2. The maximum Gasteiger partial charge on any atom is 0.235 e. The summed E-state index contributed by atoms with van der Waals surface area (Å²) in [7, 11) is 0. The number of halogens is 1. The van der Waals surface area contributed by atoms with Crippen LogP contribution >= 0.6 is 11.6 Å². The van der Waals surface area contributed by atoms with Crippen molar-refractivity contribution < 1.29 is 15.0 Å². The second-order valence-electron chi connectivity index (χ2n) is 10.5. The third-order valence-corrected chi connectivity index (χ3v) is 8.97. The molecule has 3 aliphatic rings. The van der Waals surface area contributed by atoms with Crippen LogP contribution in [0, 0.1) is 29.1 Å². The van der Waals surface area contributed by atoms with Gasteiger partial charge in [0.1, 0.15) is 11.6 Å². The van der Waals surface area contributed by atoms with E-state index in [4.69, 9.17) is 11.6 Å². The van der Waals surface area contributed by atoms with Crippen molar-refractivity contribution in [3.63, 3.8) is 0 Å². The Kier molecular flexibility index (Phi) is 6.35. The lowest BCUT2D eigenvalue weighted by molar-refractivity contribution is -0.118. The largest absolute Gasteiger partial charge is 0.508 e. The molecule has 0 saturated heterocycles. The second-order valence-corrected chi connectivity index (χ2v) is 10.7. The summed E-state index contributed by atoms with van der Waals surface area (Å²) < 4.78 is 0. The lowest BCUT2D eigenvalue weighted by Gasteiger charge is -2.54. The number of aryl methyl sites for hydroxylation is 1. The molecule has 0 spiro atoms. The van der Waals surface area contributed by atoms with Gasteiger partial charge in [-0.15, -0.1) is 11.6 Å². The molecule has 6 atom stereocenters. The van der Waals surface area contributed by atoms with Crippen LogP contribution in [-0.4, -0.2) is 34.6 Å². The van der Waals surface area contributed by atoms with Crippen molar-refractivity contribution in [2.45, 2.75) is 57.0 Å². The minimum Gasteiger partial charge on any atom is -0.508 e. The third-order valence-electron chi connectivity index (χ3n) is 8.73. The molecule has 3 aliphatic carbocycles. The number of aliphatic hydroxyl groups excluding tert-OH is 1. The smallest absolute Gasteiger partial charge is 0.235 e. The second kappa shape index (κ2) is 9.29. The highest BCUT2D eigenvalue weighted by atomic mass is 35.5. The van der Waals surface area contributed by atoms with Crippen molar-refractivity contribution in [3.8, 4) is 17.6 Å². The number of aromatic hydroxyl groups is 1. The fourth-order valence-electron chi connectivity index (χ4n) is 7.14. The van der Waals surface area contributed by atoms with Gasteiger partial charge in [0.2, 0.25) is 5.91 Å². The third kappa shape index (κ3) is 4.10. The summed E-state index contributed by atoms with van der Waals surface area (Å²) in [6, 6.07) is 14.4. The molecular weight excluding hydrogens is 446 g/mol. The minimum absolute atomic E-state index is 0.0562. The number of amides is 1. The highest BCUT2D eigenvalue weighted by Crippen LogP contribution is 2.65. The van der Waals surface area contributed by atoms with Crippen molar-refractivity contribution >= 4 is 17.5 Å². The van der Waals surface area contributed by atoms with E-state index >= 15 is 0 Å². The van der Waals surface area contributed by atoms with Gasteiger partial charge in [0.05, 0.1) is 12.6 Å². The number of fused-ring (bicyclic) bond motifs is 5. The zero-order chi connectivity index (χ0) is 23.9. The first-order valence-electron chi connectivity index (χ1n) is 12.3. The number of hydrogen-bond donors (Lipinski definition) is 3. The molecule has 2 aromatic carbocycles. The molecule has 2 aromatic rings. The van der Waals surface area contributed by atoms with E-state index in [0.29, 0.717) is 29.4 Å². The van der Waals surface area contributed by atoms with Gasteiger partial charge in [0, 0.05) is 5.56 Å². The average Bonchev–Trinajstić information content (AvgIpc) is 3.15. The fourth-order valence-corrected chi connectivity index (χ4v) is 7.24. The lowest BCUT2D eigenvalue weighted by Crippen LogP contribution is -2.47. The first kappa shape index (κ1) is 23.3. The van der Waals surface area contributed by atoms with Gasteiger partial charge < -0.3 is 15.5 Å². The molecule has 3 N–H and O–H groups in total. The Labute approximate surface area is 206 Å². The van der Waals surface area contributed by atoms with E-state index in [-0.39, 0.29) is 29.9 Å². The molecule has 0 bridgehead atoms. The summed E-state index contributed by atoms with van der Waals surface area (Å²) in [5.41, 5.74) is 4.79. The molecule has 0 aromatic heterocycles. The van der Waals surface area contributed by atoms with Crippen molar-refractivity contribution in [3.05, 3.63) is 64.7 Å². The van der Waals surface area contributed by atoms with Crippen LogP contribution in [0.15, 0.2) is 42.5 Å². The highest BCUT2D eigenvalue weighted by Gasteiger charge is 2.57. The van der Waals surface area contributed by atoms with E-state index in [1.807, 2.05) is 12.1 Å². The summed E-state index contributed by atoms with van der Waals surface area (Å²) in [4.78, 5) is 11.2. The minimum atomic E-state index is -0.240. The molecule has 2 saturated carbocycles. The van der Waals surface area contributed by atoms with Gasteiger partial charge in [-0.05, 0) is 102 Å². The number of hydrogen-bond acceptors (Lipinski definition) is 3. The van der Waals surface area contributed by atoms with Crippen molar-refractivity contribution in [1.29, 1.82) is 0 Å². The van der Waals surface area contributed by atoms with Gasteiger partial charge in [-0.25, -0.2) is 0 Å². The zero-order valence-electron chi connectivity index (χ0n) is 19.6. The van der Waals surface area contributed by atoms with Gasteiger partial charge in [0.15, 0.2) is 0 Å². The van der Waals surface area contributed by atoms with Crippen LogP contribution in [0.1, 0.15) is 66.7 Å². The predicted octanol–water partition coefficient (Wildman–Crippen LogP) is 4.71. The SMILES string of the molecule is C[C@]12C[C@H](c3ccc(C#CCNC(=O)CCl)cc3)C3c4ccc(O)cc4CCC3C1CC[C@@H]2O. The standard InChI is InChI=1S/C29H32ClNO3/c1-29-16-24(19-6-4-18(5-7-19)3-2-14-31-27(34)17-30)28-22-11-9-21(32)15-20(22)8-10-23(28)25(29)12-13-26(29)33/h4-7,9,11,15,23-26,28,32-33H,8,10,12-14,16-17H2,1H3,(H,31,34)/t23?,24-,25?,26+,28?,29+/m1/s1. The van der Waals surface area contributed by atoms with Crippen LogP contribution in [0.5, 0.6) is 5.75 Å². The highest BCUT2D eigenvalue weighted by molar-refractivity contribution is 6.27. The Morgan fingerprint density at radius 2 is 1.97 bits per heavy atom. The molecule has 1 amide bonds. The quantitative estimate of drug-likeness (QED) is 0.443. The lowest BCUT2D eigenvalue weighted by atomic mass is 9.51. The van der Waals surface area contributed by atoms with Gasteiger partial charge in [-0.3, -0.25) is 4.79 Å². The molecule has 3 unspecified atom stereocenters. The van der Waals surface area contributed by atoms with Crippen LogP contribution in [0.25, 0.3) is 0 Å². The summed E-state index contributed by atoms with van der Waals surface area (Å²) in [5, 5.41) is 23.7. The van der Waals surface area contributed by atoms with Crippen LogP contribution in [0.3, 0.4) is 0 Å². The molecule has 5 rings (SSSR count). The zero-order valence-corrected chi connectivity index (χ0v) is 20.3. The van der Waals surface area contributed by atoms with E-state index in [9.17, 15) is 15.0 Å². The van der Waals surface area contributed by atoms with E-state index in [1.165, 1.54) is 16.7 Å². The van der Waals surface area contributed by atoms with E-state index in [2.05, 4.69) is 54.4 Å². The Balaban J connectivity index is 1.46. The number of carbonyl (C=O) groups is 1. The average molecular weight is 478 g/mol. The molecule has 178 valence electrons. The Bertz CT molecular complexity index is 1130. The summed E-state index contributed by atoms with van der Waals surface area (Å²) in [6.45, 7) is 2.58. The number of nitrogens with one attached hydrogen (secondary N) is 1. The van der Waals surface area contributed by atoms with Crippen molar-refractivity contribution in [1.82, 2.24) is 5.32 Å². The topological polar surface area (TPSA) is 69.6 Å². The summed E-state index contributed by atoms with van der Waals surface area (Å²) in [6.07, 6.45) is 4.84. The number of carbonyl (C=O) groups excluding carboxylic acids is 1. The molecule has 0 heterocycles. The monoisotopic (exact) mass is 477 g/mol. The van der Waals surface area contributed by atoms with Gasteiger partial charge in [0.25, 0.3) is 0 Å². The molecule has 34 heavy (non-hydrogen) atoms. The van der Waals surface area contributed by atoms with Crippen molar-refractivity contribution in [2.75, 3.05) is 12.4 Å². The fraction of sp³-hybridized carbons (Fsp3) is 0.483. The molecular formula is C29H32ClNO3. The molecule has 0 radical (unpaired) electrons. The van der Waals surface area contributed by atoms with Crippen LogP contribution in [0.4, 0.5) is 0 Å². The Morgan fingerprint density at radius 1 is 1.18 bits per heavy atom. The number of aliphatic hydroxyl groups is 1. The molecule has 4 nitrogen and oxygen atoms in total. The molecule has 2 fully saturated rings. The van der Waals surface area contributed by atoms with E-state index in [1.54, 1.807) is 0 Å². The number of alkyl halides is 1. The summed E-state index contributed by atoms with van der Waals surface area (Å²) >= 11 is 5.49. The van der Waals surface area contributed by atoms with Gasteiger partial charge in [-0.2, -0.15) is 0 Å². The van der Waals surface area contributed by atoms with Crippen LogP contribution in [0.2, 0.25) is 0 Å². The van der Waals surface area contributed by atoms with Gasteiger partial charge in [-0.1, -0.05) is 37.0 Å². The van der Waals surface area contributed by atoms with Crippen LogP contribution < -0.4 is 5.32 Å². The number of phenols is 1. The predicted molar refractivity (Wildman–Crippen MR) is 134 cm³/mol. The van der Waals surface area contributed by atoms with Crippen LogP contribution in [-0.2, 0) is 11.2 Å². The molecule has 0 aliphatic heterocycles. The first-order chi connectivity index (χ1) is 16.4. The van der Waals surface area contributed by atoms with E-state index < -0.39 is 0 Å². The normalized spacial score (nSPS) is 31.4. The summed E-state index contributed by atoms with van der Waals surface area (Å²) in [5.74, 6) is 7.94. The first-order valence-corrected chi connectivity index (χ1v) is 12.9. The number of phenolic OH excluding ortho intramolecular Hbond substituents is 1. The maximum atomic E-state index is 11.2. The van der Waals surface area contributed by atoms with Crippen molar-refractivity contribution in [2.24, 2.45) is 17.3 Å². The van der Waals surface area contributed by atoms with Gasteiger partial charge >= 0.3 is 0 Å². The Morgan fingerprint density at radius 3 is 2.74 bits per heavy atom. The molecule has 5 heteroatoms.